The van der Waals surface area contributed by atoms with Crippen LogP contribution in [0.4, 0.5) is 0 Å². The number of unbranched alkanes of at least 4 members (excludes halogenated alkanes) is 14. The Balaban J connectivity index is 3.58. The molecule has 1 N–H and O–H groups in total. The number of rotatable bonds is 38. The number of carbonyl (C=O) groups is 1. The average molecular weight is 721 g/mol. The maximum absolute atomic E-state index is 12.2. The highest BCUT2D eigenvalue weighted by molar-refractivity contribution is 5.69. The second-order valence-electron chi connectivity index (χ2n) is 13.7. The Hall–Kier alpha value is -2.69. The normalized spacial score (nSPS) is 13.4. The number of hydrogen-bond donors (Lipinski definition) is 1. The molecule has 1 unspecified atom stereocenters. The van der Waals surface area contributed by atoms with Crippen LogP contribution < -0.4 is 0 Å². The zero-order chi connectivity index (χ0) is 37.7. The standard InChI is InChI=1S/C48H80O4/c1-3-5-7-9-11-13-15-17-19-20-21-22-23-24-25-26-27-28-29-30-32-34-36-38-40-42-44-51-46-47(45-49)52-48(50)43-41-39-37-35-33-31-18-16-14-12-10-8-6-4-2/h5,7,11,13,16-19,21-22,24-25,27-28,30,32,47,49H,3-4,6,8-10,12,14-15,20,23,26,29,31,33-46H2,1-2H3/b7-5-,13-11-,18-16-,19-17-,22-21-,25-24-,28-27-,32-30-. The second kappa shape index (κ2) is 44.5. The Bertz CT molecular complexity index is 980. The lowest BCUT2D eigenvalue weighted by atomic mass is 10.1. The molecular formula is C48H80O4. The molecule has 0 spiro atoms. The van der Waals surface area contributed by atoms with E-state index in [2.05, 4.69) is 111 Å². The number of allylic oxidation sites excluding steroid dienone is 16. The summed E-state index contributed by atoms with van der Waals surface area (Å²) in [6.45, 7) is 5.14. The van der Waals surface area contributed by atoms with Crippen LogP contribution in [0.3, 0.4) is 0 Å². The second-order valence-corrected chi connectivity index (χ2v) is 13.7. The summed E-state index contributed by atoms with van der Waals surface area (Å²) in [5, 5.41) is 9.59. The van der Waals surface area contributed by atoms with E-state index < -0.39 is 6.10 Å². The first-order valence-corrected chi connectivity index (χ1v) is 21.3. The summed E-state index contributed by atoms with van der Waals surface area (Å²) in [6.07, 6.45) is 63.2. The Kier molecular flexibility index (Phi) is 42.2. The quantitative estimate of drug-likeness (QED) is 0.0392. The van der Waals surface area contributed by atoms with Crippen molar-refractivity contribution in [3.05, 3.63) is 97.2 Å². The van der Waals surface area contributed by atoms with Crippen LogP contribution in [0.15, 0.2) is 97.2 Å². The highest BCUT2D eigenvalue weighted by Crippen LogP contribution is 2.11. The molecule has 0 saturated heterocycles. The van der Waals surface area contributed by atoms with E-state index >= 15 is 0 Å². The van der Waals surface area contributed by atoms with Crippen molar-refractivity contribution in [2.75, 3.05) is 19.8 Å². The van der Waals surface area contributed by atoms with E-state index in [0.29, 0.717) is 13.0 Å². The van der Waals surface area contributed by atoms with Gasteiger partial charge in [-0.15, -0.1) is 0 Å². The van der Waals surface area contributed by atoms with Gasteiger partial charge in [0.2, 0.25) is 0 Å². The van der Waals surface area contributed by atoms with Crippen LogP contribution in [-0.2, 0) is 14.3 Å². The smallest absolute Gasteiger partial charge is 0.306 e. The van der Waals surface area contributed by atoms with Gasteiger partial charge in [-0.25, -0.2) is 0 Å². The average Bonchev–Trinajstić information content (AvgIpc) is 3.15. The Morgan fingerprint density at radius 1 is 0.481 bits per heavy atom. The number of carbonyl (C=O) groups excluding carboxylic acids is 1. The summed E-state index contributed by atoms with van der Waals surface area (Å²) in [6, 6.07) is 0. The molecule has 0 aliphatic rings. The minimum Gasteiger partial charge on any atom is -0.457 e. The SMILES string of the molecule is CC/C=C\C/C=C\C/C=C\C/C=C\C/C=C\C/C=C\C/C=C\CCCCCCOCC(CO)OC(=O)CCCCCCC/C=C\CCCCCCC. The van der Waals surface area contributed by atoms with Gasteiger partial charge in [-0.2, -0.15) is 0 Å². The Morgan fingerprint density at radius 2 is 0.865 bits per heavy atom. The van der Waals surface area contributed by atoms with E-state index in [1.165, 1.54) is 70.6 Å². The van der Waals surface area contributed by atoms with Crippen LogP contribution >= 0.6 is 0 Å². The molecule has 0 heterocycles. The molecule has 296 valence electrons. The van der Waals surface area contributed by atoms with Gasteiger partial charge in [0.25, 0.3) is 0 Å². The molecule has 0 radical (unpaired) electrons. The lowest BCUT2D eigenvalue weighted by Crippen LogP contribution is -2.27. The molecule has 52 heavy (non-hydrogen) atoms. The molecule has 0 amide bonds. The number of aliphatic hydroxyl groups excluding tert-OH is 1. The molecular weight excluding hydrogens is 641 g/mol. The van der Waals surface area contributed by atoms with Crippen molar-refractivity contribution in [1.29, 1.82) is 0 Å². The van der Waals surface area contributed by atoms with E-state index in [9.17, 15) is 9.90 Å². The van der Waals surface area contributed by atoms with Crippen LogP contribution in [0.25, 0.3) is 0 Å². The fourth-order valence-electron chi connectivity index (χ4n) is 5.48. The Labute approximate surface area is 322 Å². The first-order chi connectivity index (χ1) is 25.7. The minimum atomic E-state index is -0.558. The number of ether oxygens (including phenoxy) is 2. The molecule has 1 atom stereocenters. The topological polar surface area (TPSA) is 55.8 Å². The van der Waals surface area contributed by atoms with E-state index in [0.717, 1.165) is 83.5 Å². The highest BCUT2D eigenvalue weighted by Gasteiger charge is 2.13. The molecule has 0 rings (SSSR count). The molecule has 0 aromatic carbocycles. The highest BCUT2D eigenvalue weighted by atomic mass is 16.6. The Morgan fingerprint density at radius 3 is 1.33 bits per heavy atom. The lowest BCUT2D eigenvalue weighted by Gasteiger charge is -2.15. The maximum Gasteiger partial charge on any atom is 0.306 e. The van der Waals surface area contributed by atoms with Crippen LogP contribution in [0, 0.1) is 0 Å². The van der Waals surface area contributed by atoms with E-state index in [1.807, 2.05) is 0 Å². The molecule has 0 fully saturated rings. The van der Waals surface area contributed by atoms with Crippen LogP contribution in [-0.4, -0.2) is 37.0 Å². The first kappa shape index (κ1) is 49.3. The minimum absolute atomic E-state index is 0.192. The van der Waals surface area contributed by atoms with E-state index in [-0.39, 0.29) is 19.2 Å². The molecule has 0 bridgehead atoms. The number of esters is 1. The fourth-order valence-corrected chi connectivity index (χ4v) is 5.48. The van der Waals surface area contributed by atoms with Crippen molar-refractivity contribution in [1.82, 2.24) is 0 Å². The van der Waals surface area contributed by atoms with Crippen LogP contribution in [0.1, 0.15) is 174 Å². The maximum atomic E-state index is 12.2. The fraction of sp³-hybridized carbons (Fsp3) is 0.646. The summed E-state index contributed by atoms with van der Waals surface area (Å²) in [4.78, 5) is 12.2. The summed E-state index contributed by atoms with van der Waals surface area (Å²) in [5.74, 6) is -0.224. The van der Waals surface area contributed by atoms with Gasteiger partial charge < -0.3 is 14.6 Å². The number of hydrogen-bond acceptors (Lipinski definition) is 4. The van der Waals surface area contributed by atoms with Gasteiger partial charge in [0.05, 0.1) is 13.2 Å². The largest absolute Gasteiger partial charge is 0.457 e. The molecule has 0 aliphatic heterocycles. The first-order valence-electron chi connectivity index (χ1n) is 21.3. The van der Waals surface area contributed by atoms with Gasteiger partial charge in [-0.05, 0) is 96.3 Å². The summed E-state index contributed by atoms with van der Waals surface area (Å²) < 4.78 is 11.1. The third-order valence-corrected chi connectivity index (χ3v) is 8.64. The van der Waals surface area contributed by atoms with E-state index in [1.54, 1.807) is 0 Å². The number of aliphatic hydroxyl groups is 1. The molecule has 4 heteroatoms. The molecule has 0 aliphatic carbocycles. The molecule has 0 aromatic heterocycles. The predicted molar refractivity (Wildman–Crippen MR) is 228 cm³/mol. The van der Waals surface area contributed by atoms with Crippen LogP contribution in [0.5, 0.6) is 0 Å². The third kappa shape index (κ3) is 41.7. The zero-order valence-corrected chi connectivity index (χ0v) is 33.8. The van der Waals surface area contributed by atoms with Gasteiger partial charge in [0.1, 0.15) is 6.10 Å². The van der Waals surface area contributed by atoms with Crippen molar-refractivity contribution in [3.63, 3.8) is 0 Å². The van der Waals surface area contributed by atoms with Crippen LogP contribution in [0.2, 0.25) is 0 Å². The van der Waals surface area contributed by atoms with Crippen molar-refractivity contribution in [3.8, 4) is 0 Å². The summed E-state index contributed by atoms with van der Waals surface area (Å²) >= 11 is 0. The summed E-state index contributed by atoms with van der Waals surface area (Å²) in [7, 11) is 0. The predicted octanol–water partition coefficient (Wildman–Crippen LogP) is 14.1. The summed E-state index contributed by atoms with van der Waals surface area (Å²) in [5.41, 5.74) is 0. The third-order valence-electron chi connectivity index (χ3n) is 8.64. The van der Waals surface area contributed by atoms with Crippen molar-refractivity contribution >= 4 is 5.97 Å². The molecule has 4 nitrogen and oxygen atoms in total. The molecule has 0 aromatic rings. The van der Waals surface area contributed by atoms with Crippen molar-refractivity contribution < 1.29 is 19.4 Å². The van der Waals surface area contributed by atoms with Gasteiger partial charge >= 0.3 is 5.97 Å². The lowest BCUT2D eigenvalue weighted by molar-refractivity contribution is -0.154. The van der Waals surface area contributed by atoms with Gasteiger partial charge in [0, 0.05) is 13.0 Å². The van der Waals surface area contributed by atoms with E-state index in [4.69, 9.17) is 9.47 Å². The van der Waals surface area contributed by atoms with Crippen molar-refractivity contribution in [2.24, 2.45) is 0 Å². The van der Waals surface area contributed by atoms with Crippen molar-refractivity contribution in [2.45, 2.75) is 180 Å². The molecule has 0 saturated carbocycles. The monoisotopic (exact) mass is 721 g/mol. The zero-order valence-electron chi connectivity index (χ0n) is 33.8. The van der Waals surface area contributed by atoms with Gasteiger partial charge in [-0.1, -0.05) is 169 Å². The van der Waals surface area contributed by atoms with Gasteiger partial charge in [0.15, 0.2) is 0 Å². The van der Waals surface area contributed by atoms with Gasteiger partial charge in [-0.3, -0.25) is 4.79 Å².